The van der Waals surface area contributed by atoms with E-state index in [4.69, 9.17) is 0 Å². The Hall–Kier alpha value is -0.260. The molecule has 0 heterocycles. The molecule has 0 N–H and O–H groups in total. The molecule has 80 valence electrons. The maximum Gasteiger partial charge on any atom is -0.0146 e. The second-order valence-electron chi connectivity index (χ2n) is 7.06. The van der Waals surface area contributed by atoms with Gasteiger partial charge in [0.1, 0.15) is 0 Å². The minimum absolute atomic E-state index is 0.463. The van der Waals surface area contributed by atoms with Crippen LogP contribution < -0.4 is 0 Å². The lowest BCUT2D eigenvalue weighted by atomic mass is 9.48. The molecule has 3 aliphatic rings. The summed E-state index contributed by atoms with van der Waals surface area (Å²) in [6.07, 6.45) is 6.65. The molecule has 2 bridgehead atoms. The first-order valence-corrected chi connectivity index (χ1v) is 5.99. The van der Waals surface area contributed by atoms with Gasteiger partial charge in [-0.1, -0.05) is 46.3 Å². The van der Waals surface area contributed by atoms with Crippen LogP contribution in [0.1, 0.15) is 53.9 Å². The summed E-state index contributed by atoms with van der Waals surface area (Å²) in [6.45, 7) is 12.0. The summed E-state index contributed by atoms with van der Waals surface area (Å²) in [4.78, 5) is 0. The van der Waals surface area contributed by atoms with Crippen molar-refractivity contribution in [3.63, 3.8) is 0 Å². The molecule has 0 aromatic rings. The van der Waals surface area contributed by atoms with Gasteiger partial charge >= 0.3 is 0 Å². The summed E-state index contributed by atoms with van der Waals surface area (Å²) < 4.78 is 0. The average Bonchev–Trinajstić information content (AvgIpc) is 2.00. The first kappa shape index (κ1) is 10.3. The van der Waals surface area contributed by atoms with Crippen molar-refractivity contribution in [2.24, 2.45) is 22.7 Å². The molecule has 0 spiro atoms. The third-order valence-electron chi connectivity index (χ3n) is 4.32. The Balaban J connectivity index is 2.11. The fourth-order valence-electron chi connectivity index (χ4n) is 3.29. The van der Waals surface area contributed by atoms with Gasteiger partial charge in [0.05, 0.1) is 0 Å². The van der Waals surface area contributed by atoms with Gasteiger partial charge in [0.2, 0.25) is 0 Å². The Labute approximate surface area is 88.8 Å². The zero-order chi connectivity index (χ0) is 10.6. The minimum Gasteiger partial charge on any atom is -0.0847 e. The first-order valence-electron chi connectivity index (χ1n) is 5.99. The molecule has 2 atom stereocenters. The van der Waals surface area contributed by atoms with E-state index in [2.05, 4.69) is 40.7 Å². The van der Waals surface area contributed by atoms with E-state index in [1.54, 1.807) is 5.57 Å². The van der Waals surface area contributed by atoms with Crippen LogP contribution in [0.25, 0.3) is 0 Å². The maximum atomic E-state index is 2.54. The lowest BCUT2D eigenvalue weighted by molar-refractivity contribution is -0.0108. The zero-order valence-electron chi connectivity index (χ0n) is 10.4. The van der Waals surface area contributed by atoms with Crippen molar-refractivity contribution in [2.75, 3.05) is 0 Å². The van der Waals surface area contributed by atoms with Crippen LogP contribution in [0.4, 0.5) is 0 Å². The fourth-order valence-corrected chi connectivity index (χ4v) is 3.29. The van der Waals surface area contributed by atoms with Crippen LogP contribution in [0.3, 0.4) is 0 Å². The SMILES string of the molecule is CC(C)(C)CC1=CCC2CC1C2(C)C. The molecule has 2 unspecified atom stereocenters. The quantitative estimate of drug-likeness (QED) is 0.540. The Morgan fingerprint density at radius 3 is 2.43 bits per heavy atom. The molecule has 14 heavy (non-hydrogen) atoms. The van der Waals surface area contributed by atoms with Gasteiger partial charge in [-0.25, -0.2) is 0 Å². The van der Waals surface area contributed by atoms with E-state index in [1.165, 1.54) is 19.3 Å². The molecular weight excluding hydrogens is 168 g/mol. The molecule has 0 aromatic heterocycles. The number of rotatable bonds is 1. The summed E-state index contributed by atoms with van der Waals surface area (Å²) in [5.74, 6) is 1.89. The highest BCUT2D eigenvalue weighted by Gasteiger charge is 2.51. The van der Waals surface area contributed by atoms with E-state index >= 15 is 0 Å². The van der Waals surface area contributed by atoms with E-state index in [0.29, 0.717) is 10.8 Å². The molecular formula is C14H24. The van der Waals surface area contributed by atoms with E-state index in [9.17, 15) is 0 Å². The smallest absolute Gasteiger partial charge is 0.0146 e. The van der Waals surface area contributed by atoms with Crippen molar-refractivity contribution in [3.8, 4) is 0 Å². The minimum atomic E-state index is 0.463. The molecule has 0 aromatic carbocycles. The van der Waals surface area contributed by atoms with Crippen LogP contribution in [-0.4, -0.2) is 0 Å². The molecule has 0 amide bonds. The van der Waals surface area contributed by atoms with Gasteiger partial charge in [0, 0.05) is 0 Å². The van der Waals surface area contributed by atoms with Crippen molar-refractivity contribution in [3.05, 3.63) is 11.6 Å². The van der Waals surface area contributed by atoms with Gasteiger partial charge in [-0.2, -0.15) is 0 Å². The second kappa shape index (κ2) is 2.87. The molecule has 0 nitrogen and oxygen atoms in total. The van der Waals surface area contributed by atoms with Crippen LogP contribution in [0.15, 0.2) is 11.6 Å². The highest BCUT2D eigenvalue weighted by Crippen LogP contribution is 2.60. The second-order valence-corrected chi connectivity index (χ2v) is 7.06. The van der Waals surface area contributed by atoms with E-state index in [0.717, 1.165) is 11.8 Å². The third kappa shape index (κ3) is 1.53. The van der Waals surface area contributed by atoms with E-state index in [1.807, 2.05) is 0 Å². The predicted molar refractivity (Wildman–Crippen MR) is 62.2 cm³/mol. The number of hydrogen-bond donors (Lipinski definition) is 0. The maximum absolute atomic E-state index is 2.54. The van der Waals surface area contributed by atoms with Crippen molar-refractivity contribution in [1.29, 1.82) is 0 Å². The summed E-state index contributed by atoms with van der Waals surface area (Å²) in [5, 5.41) is 0. The van der Waals surface area contributed by atoms with Crippen molar-refractivity contribution in [2.45, 2.75) is 53.9 Å². The van der Waals surface area contributed by atoms with Crippen LogP contribution in [-0.2, 0) is 0 Å². The molecule has 0 radical (unpaired) electrons. The Bertz CT molecular complexity index is 262. The third-order valence-corrected chi connectivity index (χ3v) is 4.32. The zero-order valence-corrected chi connectivity index (χ0v) is 10.4. The van der Waals surface area contributed by atoms with Crippen LogP contribution in [0, 0.1) is 22.7 Å². The van der Waals surface area contributed by atoms with Gasteiger partial charge < -0.3 is 0 Å². The summed E-state index contributed by atoms with van der Waals surface area (Å²) >= 11 is 0. The van der Waals surface area contributed by atoms with Gasteiger partial charge in [-0.15, -0.1) is 0 Å². The standard InChI is InChI=1S/C14H24/c1-13(2,3)9-10-6-7-11-8-12(10)14(11,4)5/h6,11-12H,7-9H2,1-5H3. The normalized spacial score (nSPS) is 34.8. The average molecular weight is 192 g/mol. The van der Waals surface area contributed by atoms with Gasteiger partial charge in [-0.3, -0.25) is 0 Å². The highest BCUT2D eigenvalue weighted by molar-refractivity contribution is 5.23. The highest BCUT2D eigenvalue weighted by atomic mass is 14.6. The van der Waals surface area contributed by atoms with Crippen LogP contribution >= 0.6 is 0 Å². The monoisotopic (exact) mass is 192 g/mol. The summed E-state index contributed by atoms with van der Waals surface area (Å²) in [6, 6.07) is 0. The number of fused-ring (bicyclic) bond motifs is 1. The Kier molecular flexibility index (Phi) is 2.10. The number of hydrogen-bond acceptors (Lipinski definition) is 0. The van der Waals surface area contributed by atoms with Crippen molar-refractivity contribution in [1.82, 2.24) is 0 Å². The lowest BCUT2D eigenvalue weighted by Crippen LogP contribution is -2.48. The lowest BCUT2D eigenvalue weighted by Gasteiger charge is -2.57. The molecule has 0 saturated heterocycles. The fraction of sp³-hybridized carbons (Fsp3) is 0.857. The van der Waals surface area contributed by atoms with Crippen LogP contribution in [0.2, 0.25) is 0 Å². The molecule has 0 heteroatoms. The summed E-state index contributed by atoms with van der Waals surface area (Å²) in [7, 11) is 0. The number of allylic oxidation sites excluding steroid dienone is 2. The Morgan fingerprint density at radius 1 is 1.36 bits per heavy atom. The van der Waals surface area contributed by atoms with E-state index in [-0.39, 0.29) is 0 Å². The predicted octanol–water partition coefficient (Wildman–Crippen LogP) is 4.42. The van der Waals surface area contributed by atoms with Crippen LogP contribution in [0.5, 0.6) is 0 Å². The molecule has 0 aliphatic heterocycles. The molecule has 3 rings (SSSR count). The van der Waals surface area contributed by atoms with Crippen molar-refractivity contribution >= 4 is 0 Å². The van der Waals surface area contributed by atoms with Gasteiger partial charge in [0.25, 0.3) is 0 Å². The largest absolute Gasteiger partial charge is 0.0847 e. The molecule has 3 aliphatic carbocycles. The van der Waals surface area contributed by atoms with Gasteiger partial charge in [-0.05, 0) is 41.9 Å². The van der Waals surface area contributed by atoms with E-state index < -0.39 is 0 Å². The Morgan fingerprint density at radius 2 is 2.00 bits per heavy atom. The molecule has 1 fully saturated rings. The van der Waals surface area contributed by atoms with Crippen molar-refractivity contribution < 1.29 is 0 Å². The first-order chi connectivity index (χ1) is 6.31. The topological polar surface area (TPSA) is 0 Å². The van der Waals surface area contributed by atoms with Gasteiger partial charge in [0.15, 0.2) is 0 Å². The summed E-state index contributed by atoms with van der Waals surface area (Å²) in [5.41, 5.74) is 2.82. The molecule has 1 saturated carbocycles.